The number of methoxy groups -OCH3 is 1. The number of halogens is 1. The van der Waals surface area contributed by atoms with Crippen molar-refractivity contribution in [3.8, 4) is 5.75 Å². The number of benzene rings is 1. The number of hydrogen-bond acceptors (Lipinski definition) is 3. The van der Waals surface area contributed by atoms with E-state index in [1.165, 1.54) is 0 Å². The van der Waals surface area contributed by atoms with Crippen molar-refractivity contribution >= 4 is 17.3 Å². The maximum Gasteiger partial charge on any atom is 0.122 e. The van der Waals surface area contributed by atoms with E-state index in [1.807, 2.05) is 44.2 Å². The van der Waals surface area contributed by atoms with Gasteiger partial charge >= 0.3 is 0 Å². The molecule has 0 fully saturated rings. The zero-order valence-corrected chi connectivity index (χ0v) is 12.1. The summed E-state index contributed by atoms with van der Waals surface area (Å²) in [4.78, 5) is 4.47. The van der Waals surface area contributed by atoms with Crippen LogP contribution in [-0.2, 0) is 6.54 Å². The van der Waals surface area contributed by atoms with E-state index >= 15 is 0 Å². The highest BCUT2D eigenvalue weighted by atomic mass is 35.5. The van der Waals surface area contributed by atoms with Crippen molar-refractivity contribution in [1.29, 1.82) is 0 Å². The van der Waals surface area contributed by atoms with E-state index in [4.69, 9.17) is 16.3 Å². The summed E-state index contributed by atoms with van der Waals surface area (Å²) >= 11 is 6.09. The highest BCUT2D eigenvalue weighted by molar-refractivity contribution is 6.31. The minimum Gasteiger partial charge on any atom is -0.497 e. The average Bonchev–Trinajstić information content (AvgIpc) is 2.40. The van der Waals surface area contributed by atoms with Crippen molar-refractivity contribution in [2.75, 3.05) is 12.4 Å². The van der Waals surface area contributed by atoms with E-state index in [2.05, 4.69) is 10.3 Å². The molecule has 0 saturated heterocycles. The molecule has 0 unspecified atom stereocenters. The van der Waals surface area contributed by atoms with Gasteiger partial charge in [0.2, 0.25) is 0 Å². The third-order valence-corrected chi connectivity index (χ3v) is 3.35. The second-order valence-electron chi connectivity index (χ2n) is 4.41. The third-order valence-electron chi connectivity index (χ3n) is 2.94. The van der Waals surface area contributed by atoms with Crippen LogP contribution in [0.3, 0.4) is 0 Å². The van der Waals surface area contributed by atoms with Crippen molar-refractivity contribution in [2.24, 2.45) is 0 Å². The monoisotopic (exact) mass is 276 g/mol. The zero-order chi connectivity index (χ0) is 13.8. The predicted octanol–water partition coefficient (Wildman–Crippen LogP) is 3.97. The zero-order valence-electron chi connectivity index (χ0n) is 11.3. The Morgan fingerprint density at radius 3 is 2.79 bits per heavy atom. The average molecular weight is 277 g/mol. The molecule has 0 aliphatic rings. The minimum absolute atomic E-state index is 0.638. The molecule has 4 heteroatoms. The number of pyridine rings is 1. The normalized spacial score (nSPS) is 10.3. The number of hydrogen-bond donors (Lipinski definition) is 1. The standard InChI is InChI=1S/C15H17ClN2O/c1-10-7-13(19-3)8-12(18-10)9-17-15-6-4-5-14(16)11(15)2/h4-8,17H,9H2,1-3H3. The Morgan fingerprint density at radius 1 is 1.26 bits per heavy atom. The van der Waals surface area contributed by atoms with Gasteiger partial charge in [-0.05, 0) is 31.5 Å². The van der Waals surface area contributed by atoms with Crippen LogP contribution in [0.5, 0.6) is 5.75 Å². The van der Waals surface area contributed by atoms with Crippen LogP contribution in [0.4, 0.5) is 5.69 Å². The van der Waals surface area contributed by atoms with Crippen LogP contribution < -0.4 is 10.1 Å². The first-order valence-corrected chi connectivity index (χ1v) is 6.48. The Labute approximate surface area is 118 Å². The lowest BCUT2D eigenvalue weighted by Gasteiger charge is -2.11. The van der Waals surface area contributed by atoms with E-state index in [0.29, 0.717) is 6.54 Å². The second-order valence-corrected chi connectivity index (χ2v) is 4.81. The Bertz CT molecular complexity index is 584. The molecule has 0 aliphatic heterocycles. The maximum absolute atomic E-state index is 6.09. The van der Waals surface area contributed by atoms with Crippen molar-refractivity contribution < 1.29 is 4.74 Å². The molecule has 0 bridgehead atoms. The van der Waals surface area contributed by atoms with Gasteiger partial charge in [0.25, 0.3) is 0 Å². The lowest BCUT2D eigenvalue weighted by atomic mass is 10.2. The number of ether oxygens (including phenoxy) is 1. The van der Waals surface area contributed by atoms with E-state index in [0.717, 1.165) is 33.4 Å². The number of rotatable bonds is 4. The predicted molar refractivity (Wildman–Crippen MR) is 79.0 cm³/mol. The van der Waals surface area contributed by atoms with Gasteiger partial charge in [-0.2, -0.15) is 0 Å². The molecular weight excluding hydrogens is 260 g/mol. The van der Waals surface area contributed by atoms with Crippen LogP contribution in [-0.4, -0.2) is 12.1 Å². The summed E-state index contributed by atoms with van der Waals surface area (Å²) < 4.78 is 5.24. The molecule has 1 heterocycles. The van der Waals surface area contributed by atoms with Crippen LogP contribution in [0, 0.1) is 13.8 Å². The number of aromatic nitrogens is 1. The van der Waals surface area contributed by atoms with Crippen LogP contribution >= 0.6 is 11.6 Å². The third kappa shape index (κ3) is 3.38. The van der Waals surface area contributed by atoms with Crippen molar-refractivity contribution in [2.45, 2.75) is 20.4 Å². The lowest BCUT2D eigenvalue weighted by molar-refractivity contribution is 0.413. The molecule has 1 N–H and O–H groups in total. The largest absolute Gasteiger partial charge is 0.497 e. The molecule has 0 saturated carbocycles. The van der Waals surface area contributed by atoms with Gasteiger partial charge in [0, 0.05) is 28.5 Å². The highest BCUT2D eigenvalue weighted by Crippen LogP contribution is 2.23. The van der Waals surface area contributed by atoms with Crippen LogP contribution in [0.2, 0.25) is 5.02 Å². The number of aryl methyl sites for hydroxylation is 1. The van der Waals surface area contributed by atoms with Crippen molar-refractivity contribution in [1.82, 2.24) is 4.98 Å². The van der Waals surface area contributed by atoms with Gasteiger partial charge in [0.05, 0.1) is 19.3 Å². The molecule has 0 radical (unpaired) electrons. The fraction of sp³-hybridized carbons (Fsp3) is 0.267. The first-order valence-electron chi connectivity index (χ1n) is 6.10. The molecule has 0 atom stereocenters. The summed E-state index contributed by atoms with van der Waals surface area (Å²) in [6.45, 7) is 4.59. The fourth-order valence-electron chi connectivity index (χ4n) is 1.90. The molecular formula is C15H17ClN2O. The van der Waals surface area contributed by atoms with Gasteiger partial charge in [0.1, 0.15) is 5.75 Å². The lowest BCUT2D eigenvalue weighted by Crippen LogP contribution is -2.04. The van der Waals surface area contributed by atoms with E-state index < -0.39 is 0 Å². The van der Waals surface area contributed by atoms with Crippen molar-refractivity contribution in [3.05, 3.63) is 52.3 Å². The van der Waals surface area contributed by atoms with Gasteiger partial charge in [-0.3, -0.25) is 4.98 Å². The van der Waals surface area contributed by atoms with Gasteiger partial charge in [-0.25, -0.2) is 0 Å². The SMILES string of the molecule is COc1cc(C)nc(CNc2cccc(Cl)c2C)c1. The summed E-state index contributed by atoms with van der Waals surface area (Å²) in [6.07, 6.45) is 0. The quantitative estimate of drug-likeness (QED) is 0.917. The Hall–Kier alpha value is -1.74. The highest BCUT2D eigenvalue weighted by Gasteiger charge is 2.04. The summed E-state index contributed by atoms with van der Waals surface area (Å²) in [5.41, 5.74) is 3.95. The molecule has 3 nitrogen and oxygen atoms in total. The van der Waals surface area contributed by atoms with E-state index in [1.54, 1.807) is 7.11 Å². The van der Waals surface area contributed by atoms with Gasteiger partial charge < -0.3 is 10.1 Å². The van der Waals surface area contributed by atoms with Gasteiger partial charge in [0.15, 0.2) is 0 Å². The number of nitrogens with zero attached hydrogens (tertiary/aromatic N) is 1. The number of anilines is 1. The summed E-state index contributed by atoms with van der Waals surface area (Å²) in [7, 11) is 1.66. The first-order chi connectivity index (χ1) is 9.10. The van der Waals surface area contributed by atoms with E-state index in [-0.39, 0.29) is 0 Å². The fourth-order valence-corrected chi connectivity index (χ4v) is 2.07. The minimum atomic E-state index is 0.638. The maximum atomic E-state index is 6.09. The van der Waals surface area contributed by atoms with E-state index in [9.17, 15) is 0 Å². The van der Waals surface area contributed by atoms with Crippen molar-refractivity contribution in [3.63, 3.8) is 0 Å². The topological polar surface area (TPSA) is 34.1 Å². The van der Waals surface area contributed by atoms with Crippen LogP contribution in [0.25, 0.3) is 0 Å². The Balaban J connectivity index is 2.14. The Morgan fingerprint density at radius 2 is 2.05 bits per heavy atom. The second kappa shape index (κ2) is 5.93. The summed E-state index contributed by atoms with van der Waals surface area (Å²) in [5, 5.41) is 4.11. The molecule has 2 aromatic rings. The molecule has 1 aromatic carbocycles. The molecule has 19 heavy (non-hydrogen) atoms. The van der Waals surface area contributed by atoms with Crippen LogP contribution in [0.1, 0.15) is 17.0 Å². The Kier molecular flexibility index (Phi) is 4.27. The number of nitrogens with one attached hydrogen (secondary N) is 1. The summed E-state index contributed by atoms with van der Waals surface area (Å²) in [6, 6.07) is 9.67. The molecule has 0 spiro atoms. The molecule has 0 amide bonds. The molecule has 1 aromatic heterocycles. The molecule has 100 valence electrons. The smallest absolute Gasteiger partial charge is 0.122 e. The molecule has 2 rings (SSSR count). The molecule has 0 aliphatic carbocycles. The summed E-state index contributed by atoms with van der Waals surface area (Å²) in [5.74, 6) is 0.826. The van der Waals surface area contributed by atoms with Crippen LogP contribution in [0.15, 0.2) is 30.3 Å². The van der Waals surface area contributed by atoms with Gasteiger partial charge in [-0.15, -0.1) is 0 Å². The first kappa shape index (κ1) is 13.7. The van der Waals surface area contributed by atoms with Gasteiger partial charge in [-0.1, -0.05) is 17.7 Å².